The van der Waals surface area contributed by atoms with Crippen molar-refractivity contribution in [1.82, 2.24) is 5.32 Å². The lowest BCUT2D eigenvalue weighted by Crippen LogP contribution is -2.82. The first kappa shape index (κ1) is 52.8. The summed E-state index contributed by atoms with van der Waals surface area (Å²) >= 11 is 0. The highest BCUT2D eigenvalue weighted by molar-refractivity contribution is 5.96. The van der Waals surface area contributed by atoms with Crippen molar-refractivity contribution in [2.45, 2.75) is 134 Å². The van der Waals surface area contributed by atoms with Crippen LogP contribution in [0.4, 0.5) is 4.79 Å². The van der Waals surface area contributed by atoms with Gasteiger partial charge in [-0.2, -0.15) is 0 Å². The van der Waals surface area contributed by atoms with E-state index in [1.165, 1.54) is 38.1 Å². The highest BCUT2D eigenvalue weighted by Crippen LogP contribution is 2.64. The summed E-state index contributed by atoms with van der Waals surface area (Å²) in [7, 11) is 0. The highest BCUT2D eigenvalue weighted by Gasteiger charge is 2.78. The minimum absolute atomic E-state index is 0.0360. The lowest BCUT2D eigenvalue weighted by atomic mass is 9.44. The quantitative estimate of drug-likeness (QED) is 0.115. The van der Waals surface area contributed by atoms with Crippen LogP contribution < -0.4 is 5.32 Å². The number of amides is 1. The summed E-state index contributed by atoms with van der Waals surface area (Å²) in [5, 5.41) is 29.0. The van der Waals surface area contributed by atoms with Crippen LogP contribution in [0.2, 0.25) is 0 Å². The zero-order chi connectivity index (χ0) is 52.8. The maximum atomic E-state index is 15.7. The molecule has 3 aromatic carbocycles. The Morgan fingerprint density at radius 3 is 2.00 bits per heavy atom. The van der Waals surface area contributed by atoms with Crippen LogP contribution in [0.3, 0.4) is 0 Å². The first-order valence-electron chi connectivity index (χ1n) is 24.1. The summed E-state index contributed by atoms with van der Waals surface area (Å²) in [5.74, 6) is -8.14. The molecule has 2 bridgehead atoms. The van der Waals surface area contributed by atoms with Crippen LogP contribution in [-0.4, -0.2) is 131 Å². The van der Waals surface area contributed by atoms with E-state index in [-0.39, 0.29) is 54.1 Å². The SMILES string of the molecule is CC(=O)O[C@H]1C(=O)[C@@]2(C)C([C@H](OC(=O)c3ccccc3)[C@]3(O)C[C@H](OC(=O)[C@H](OC(=O)OC[C@H]4COC(C)(C)O4)[C@@H](NC(=O)c4ccccc4)c4ccccc4)C(C)=C1C3(C)C)[C@]1(OC(C)=O)CO[C@@H]1C[C@@H]2O. The number of aliphatic hydroxyl groups excluding tert-OH is 1. The van der Waals surface area contributed by atoms with E-state index in [4.69, 9.17) is 42.6 Å². The van der Waals surface area contributed by atoms with E-state index in [9.17, 15) is 34.2 Å². The Bertz CT molecular complexity index is 2660. The molecule has 0 aromatic heterocycles. The molecule has 3 aliphatic carbocycles. The molecule has 73 heavy (non-hydrogen) atoms. The molecular formula is C54H61NO18. The fraction of sp³-hybridized carbons (Fsp3) is 0.500. The van der Waals surface area contributed by atoms with Gasteiger partial charge in [0.05, 0.1) is 36.2 Å². The molecule has 2 saturated carbocycles. The van der Waals surface area contributed by atoms with Crippen molar-refractivity contribution in [2.24, 2.45) is 16.7 Å². The molecule has 4 fully saturated rings. The van der Waals surface area contributed by atoms with Crippen LogP contribution in [0.25, 0.3) is 0 Å². The number of carbonyl (C=O) groups excluding carboxylic acids is 7. The van der Waals surface area contributed by atoms with E-state index >= 15 is 9.59 Å². The van der Waals surface area contributed by atoms with E-state index < -0.39 is 131 Å². The highest BCUT2D eigenvalue weighted by atomic mass is 16.8. The number of carbonyl (C=O) groups is 7. The Hall–Kier alpha value is -6.51. The fourth-order valence-electron chi connectivity index (χ4n) is 11.4. The first-order chi connectivity index (χ1) is 34.4. The normalized spacial score (nSPS) is 31.5. The number of nitrogens with one attached hydrogen (secondary N) is 1. The summed E-state index contributed by atoms with van der Waals surface area (Å²) in [6, 6.07) is 22.5. The Morgan fingerprint density at radius 2 is 1.44 bits per heavy atom. The zero-order valence-corrected chi connectivity index (χ0v) is 41.8. The maximum Gasteiger partial charge on any atom is 0.509 e. The van der Waals surface area contributed by atoms with E-state index in [1.54, 1.807) is 94.4 Å². The molecule has 3 aromatic rings. The van der Waals surface area contributed by atoms with Gasteiger partial charge in [0.15, 0.2) is 23.3 Å². The van der Waals surface area contributed by atoms with Crippen LogP contribution in [0.5, 0.6) is 0 Å². The molecule has 19 nitrogen and oxygen atoms in total. The number of fused-ring (bicyclic) bond motifs is 5. The van der Waals surface area contributed by atoms with Gasteiger partial charge in [0, 0.05) is 37.7 Å². The summed E-state index contributed by atoms with van der Waals surface area (Å²) in [5.41, 5.74) is -7.61. The summed E-state index contributed by atoms with van der Waals surface area (Å²) in [4.78, 5) is 99.7. The van der Waals surface area contributed by atoms with Gasteiger partial charge in [-0.05, 0) is 68.7 Å². The third-order valence-electron chi connectivity index (χ3n) is 15.1. The van der Waals surface area contributed by atoms with Crippen molar-refractivity contribution < 1.29 is 86.4 Å². The van der Waals surface area contributed by atoms with Gasteiger partial charge < -0.3 is 58.2 Å². The number of hydrogen-bond donors (Lipinski definition) is 3. The van der Waals surface area contributed by atoms with E-state index in [0.29, 0.717) is 0 Å². The molecule has 2 aliphatic heterocycles. The molecular weight excluding hydrogens is 951 g/mol. The Morgan fingerprint density at radius 1 is 0.822 bits per heavy atom. The molecule has 5 aliphatic rings. The molecule has 19 heteroatoms. The second-order valence-corrected chi connectivity index (χ2v) is 20.5. The monoisotopic (exact) mass is 1010 g/mol. The summed E-state index contributed by atoms with van der Waals surface area (Å²) < 4.78 is 53.5. The standard InChI is InChI=1S/C54H61NO18/c1-29-36(69-48(62)42(70-49(63)65-26-35-27-67-51(6,7)73-35)40(32-18-12-9-13-19-32)55-46(60)33-20-14-10-15-21-33)25-54(64)45(71-47(61)34-22-16-11-17-23-34)43-52(8,37(58)24-38-53(43,28-66-38)72-31(3)57)44(59)41(68-30(2)56)39(29)50(54,4)5/h9-23,35-38,40-43,45,58,64H,24-28H2,1-8H3,(H,55,60)/t35-,36-,37-,38+,40-,41+,42+,43?,45-,52+,53-,54+/m0/s1. The van der Waals surface area contributed by atoms with Crippen molar-refractivity contribution in [2.75, 3.05) is 19.8 Å². The number of ketones is 1. The van der Waals surface area contributed by atoms with Crippen LogP contribution in [0, 0.1) is 16.7 Å². The van der Waals surface area contributed by atoms with Gasteiger partial charge in [0.25, 0.3) is 5.91 Å². The predicted octanol–water partition coefficient (Wildman–Crippen LogP) is 5.05. The van der Waals surface area contributed by atoms with Crippen molar-refractivity contribution >= 4 is 41.7 Å². The van der Waals surface area contributed by atoms with Gasteiger partial charge in [0.2, 0.25) is 6.10 Å². The minimum atomic E-state index is -2.49. The zero-order valence-electron chi connectivity index (χ0n) is 41.8. The molecule has 1 amide bonds. The second-order valence-electron chi connectivity index (χ2n) is 20.5. The molecule has 2 heterocycles. The van der Waals surface area contributed by atoms with Gasteiger partial charge in [-0.15, -0.1) is 0 Å². The average Bonchev–Trinajstić information content (AvgIpc) is 3.71. The van der Waals surface area contributed by atoms with Crippen molar-refractivity contribution in [1.29, 1.82) is 0 Å². The third kappa shape index (κ3) is 9.76. The van der Waals surface area contributed by atoms with Gasteiger partial charge >= 0.3 is 30.0 Å². The smallest absolute Gasteiger partial charge is 0.455 e. The lowest BCUT2D eigenvalue weighted by Gasteiger charge is -2.67. The van der Waals surface area contributed by atoms with E-state index in [2.05, 4.69) is 5.32 Å². The number of rotatable bonds is 13. The topological polar surface area (TPSA) is 255 Å². The number of esters is 4. The van der Waals surface area contributed by atoms with Gasteiger partial charge in [-0.3, -0.25) is 19.2 Å². The second kappa shape index (κ2) is 20.1. The van der Waals surface area contributed by atoms with Crippen molar-refractivity contribution in [3.8, 4) is 0 Å². The van der Waals surface area contributed by atoms with Gasteiger partial charge in [0.1, 0.15) is 42.7 Å². The molecule has 0 spiro atoms. The van der Waals surface area contributed by atoms with E-state index in [1.807, 2.05) is 0 Å². The van der Waals surface area contributed by atoms with Crippen molar-refractivity contribution in [3.63, 3.8) is 0 Å². The predicted molar refractivity (Wildman–Crippen MR) is 253 cm³/mol. The molecule has 8 rings (SSSR count). The van der Waals surface area contributed by atoms with Gasteiger partial charge in [-0.1, -0.05) is 80.6 Å². The molecule has 3 N–H and O–H groups in total. The number of benzene rings is 3. The number of hydrogen-bond acceptors (Lipinski definition) is 18. The Kier molecular flexibility index (Phi) is 14.5. The van der Waals surface area contributed by atoms with Gasteiger partial charge in [-0.25, -0.2) is 14.4 Å². The molecule has 1 unspecified atom stereocenters. The lowest BCUT2D eigenvalue weighted by molar-refractivity contribution is -0.346. The Labute approximate surface area is 421 Å². The molecule has 2 saturated heterocycles. The first-order valence-corrected chi connectivity index (χ1v) is 24.1. The number of ether oxygens (including phenoxy) is 9. The number of Topliss-reactive ketones (excluding diaryl/α,β-unsaturated/α-hetero) is 1. The number of aliphatic hydroxyl groups is 2. The van der Waals surface area contributed by atoms with Crippen LogP contribution in [0.1, 0.15) is 101 Å². The van der Waals surface area contributed by atoms with E-state index in [0.717, 1.165) is 13.8 Å². The van der Waals surface area contributed by atoms with Crippen LogP contribution in [0.15, 0.2) is 102 Å². The van der Waals surface area contributed by atoms with Crippen LogP contribution >= 0.6 is 0 Å². The molecule has 390 valence electrons. The molecule has 12 atom stereocenters. The summed E-state index contributed by atoms with van der Waals surface area (Å²) in [6.45, 7) is 10.9. The largest absolute Gasteiger partial charge is 0.509 e. The Balaban J connectivity index is 1.27. The minimum Gasteiger partial charge on any atom is -0.455 e. The maximum absolute atomic E-state index is 15.7. The summed E-state index contributed by atoms with van der Waals surface area (Å²) in [6.07, 6.45) is -13.1. The fourth-order valence-corrected chi connectivity index (χ4v) is 11.4. The third-order valence-corrected chi connectivity index (χ3v) is 15.1. The van der Waals surface area contributed by atoms with Crippen molar-refractivity contribution in [3.05, 3.63) is 119 Å². The average molecular weight is 1010 g/mol. The molecule has 0 radical (unpaired) electrons. The van der Waals surface area contributed by atoms with Crippen LogP contribution in [-0.2, 0) is 61.8 Å².